The molecule has 1 aromatic carbocycles. The van der Waals surface area contributed by atoms with E-state index in [-0.39, 0.29) is 17.3 Å². The number of Topliss-reactive ketones (excluding diaryl/α,β-unsaturated/α-hetero) is 1. The first-order valence-corrected chi connectivity index (χ1v) is 7.01. The van der Waals surface area contributed by atoms with Gasteiger partial charge in [-0.2, -0.15) is 0 Å². The van der Waals surface area contributed by atoms with Crippen molar-refractivity contribution >= 4 is 11.9 Å². The van der Waals surface area contributed by atoms with Gasteiger partial charge in [-0.1, -0.05) is 0 Å². The number of benzene rings is 1. The number of nitrogens with one attached hydrogen (secondary N) is 1. The van der Waals surface area contributed by atoms with Gasteiger partial charge in [0.15, 0.2) is 17.3 Å². The highest BCUT2D eigenvalue weighted by Crippen LogP contribution is 2.30. The second kappa shape index (κ2) is 7.15. The predicted octanol–water partition coefficient (Wildman–Crippen LogP) is 2.67. The summed E-state index contributed by atoms with van der Waals surface area (Å²) in [6.45, 7) is 7.07. The molecular weight excluding hydrogens is 286 g/mol. The zero-order valence-corrected chi connectivity index (χ0v) is 13.6. The van der Waals surface area contributed by atoms with Crippen LogP contribution in [0.1, 0.15) is 43.6 Å². The van der Waals surface area contributed by atoms with Crippen LogP contribution in [0.25, 0.3) is 0 Å². The summed E-state index contributed by atoms with van der Waals surface area (Å²) < 4.78 is 10.1. The molecule has 0 aromatic heterocycles. The molecule has 122 valence electrons. The van der Waals surface area contributed by atoms with Crippen molar-refractivity contribution in [1.82, 2.24) is 5.32 Å². The van der Waals surface area contributed by atoms with Gasteiger partial charge >= 0.3 is 6.09 Å². The molecule has 0 saturated carbocycles. The summed E-state index contributed by atoms with van der Waals surface area (Å²) >= 11 is 0. The van der Waals surface area contributed by atoms with Crippen LogP contribution >= 0.6 is 0 Å². The number of rotatable bonds is 5. The van der Waals surface area contributed by atoms with Gasteiger partial charge in [0.05, 0.1) is 7.11 Å². The Morgan fingerprint density at radius 2 is 1.91 bits per heavy atom. The van der Waals surface area contributed by atoms with E-state index in [2.05, 4.69) is 5.32 Å². The molecule has 0 heterocycles. The third-order valence-corrected chi connectivity index (χ3v) is 2.85. The van der Waals surface area contributed by atoms with Crippen molar-refractivity contribution < 1.29 is 24.2 Å². The van der Waals surface area contributed by atoms with Crippen molar-refractivity contribution in [3.05, 3.63) is 23.3 Å². The summed E-state index contributed by atoms with van der Waals surface area (Å²) in [6.07, 6.45) is -0.124. The van der Waals surface area contributed by atoms with E-state index < -0.39 is 11.7 Å². The standard InChI is InChI=1S/C16H23NO5/c1-10(18)12-9-14(21-5)13(19)8-11(12)6-7-17-15(20)22-16(2,3)4/h8-9,19H,6-7H2,1-5H3,(H,17,20). The van der Waals surface area contributed by atoms with Crippen LogP contribution in [-0.4, -0.2) is 36.2 Å². The SMILES string of the molecule is COc1cc(C(C)=O)c(CCNC(=O)OC(C)(C)C)cc1O. The Morgan fingerprint density at radius 3 is 2.41 bits per heavy atom. The summed E-state index contributed by atoms with van der Waals surface area (Å²) in [6, 6.07) is 2.98. The lowest BCUT2D eigenvalue weighted by atomic mass is 10.0. The topological polar surface area (TPSA) is 84.9 Å². The summed E-state index contributed by atoms with van der Waals surface area (Å²) in [5.41, 5.74) is 0.537. The lowest BCUT2D eigenvalue weighted by molar-refractivity contribution is 0.0528. The minimum Gasteiger partial charge on any atom is -0.504 e. The number of aromatic hydroxyl groups is 1. The number of carbonyl (C=O) groups excluding carboxylic acids is 2. The Hall–Kier alpha value is -2.24. The molecule has 0 bridgehead atoms. The van der Waals surface area contributed by atoms with Crippen LogP contribution < -0.4 is 10.1 Å². The molecule has 0 radical (unpaired) electrons. The first kappa shape index (κ1) is 17.8. The second-order valence-electron chi connectivity index (χ2n) is 5.92. The van der Waals surface area contributed by atoms with Crippen molar-refractivity contribution in [1.29, 1.82) is 0 Å². The first-order valence-electron chi connectivity index (χ1n) is 7.01. The maximum atomic E-state index is 11.7. The van der Waals surface area contributed by atoms with E-state index in [0.29, 0.717) is 24.1 Å². The van der Waals surface area contributed by atoms with Gasteiger partial charge in [0.25, 0.3) is 0 Å². The number of phenols is 1. The molecule has 6 nitrogen and oxygen atoms in total. The molecule has 0 saturated heterocycles. The number of methoxy groups -OCH3 is 1. The smallest absolute Gasteiger partial charge is 0.407 e. The Balaban J connectivity index is 2.75. The van der Waals surface area contributed by atoms with Gasteiger partial charge in [-0.25, -0.2) is 4.79 Å². The molecular formula is C16H23NO5. The molecule has 2 N–H and O–H groups in total. The van der Waals surface area contributed by atoms with E-state index in [4.69, 9.17) is 9.47 Å². The zero-order chi connectivity index (χ0) is 16.9. The first-order chi connectivity index (χ1) is 10.1. The van der Waals surface area contributed by atoms with Crippen molar-refractivity contribution in [2.75, 3.05) is 13.7 Å². The average Bonchev–Trinajstić information content (AvgIpc) is 2.36. The number of hydrogen-bond donors (Lipinski definition) is 2. The van der Waals surface area contributed by atoms with Crippen LogP contribution in [0.2, 0.25) is 0 Å². The quantitative estimate of drug-likeness (QED) is 0.817. The van der Waals surface area contributed by atoms with Gasteiger partial charge < -0.3 is 19.9 Å². The van der Waals surface area contributed by atoms with Gasteiger partial charge in [-0.3, -0.25) is 4.79 Å². The Labute approximate surface area is 130 Å². The third-order valence-electron chi connectivity index (χ3n) is 2.85. The van der Waals surface area contributed by atoms with Gasteiger partial charge in [0.2, 0.25) is 0 Å². The molecule has 0 aliphatic rings. The van der Waals surface area contributed by atoms with E-state index in [0.717, 1.165) is 0 Å². The molecule has 0 aliphatic carbocycles. The predicted molar refractivity (Wildman–Crippen MR) is 82.6 cm³/mol. The Kier molecular flexibility index (Phi) is 5.79. The summed E-state index contributed by atoms with van der Waals surface area (Å²) in [5.74, 6) is 0.0689. The van der Waals surface area contributed by atoms with Crippen LogP contribution in [-0.2, 0) is 11.2 Å². The second-order valence-corrected chi connectivity index (χ2v) is 5.92. The number of ether oxygens (including phenoxy) is 2. The highest BCUT2D eigenvalue weighted by Gasteiger charge is 2.17. The zero-order valence-electron chi connectivity index (χ0n) is 13.6. The Bertz CT molecular complexity index is 560. The van der Waals surface area contributed by atoms with E-state index in [1.165, 1.54) is 26.2 Å². The summed E-state index contributed by atoms with van der Waals surface area (Å²) in [4.78, 5) is 23.2. The van der Waals surface area contributed by atoms with E-state index in [1.807, 2.05) is 0 Å². The highest BCUT2D eigenvalue weighted by atomic mass is 16.6. The number of hydrogen-bond acceptors (Lipinski definition) is 5. The van der Waals surface area contributed by atoms with Crippen molar-refractivity contribution in [3.8, 4) is 11.5 Å². The molecule has 22 heavy (non-hydrogen) atoms. The third kappa shape index (κ3) is 5.27. The molecule has 0 fully saturated rings. The normalized spacial score (nSPS) is 11.0. The molecule has 0 atom stereocenters. The van der Waals surface area contributed by atoms with Crippen LogP contribution in [0.3, 0.4) is 0 Å². The highest BCUT2D eigenvalue weighted by molar-refractivity contribution is 5.96. The van der Waals surface area contributed by atoms with Crippen LogP contribution in [0.15, 0.2) is 12.1 Å². The van der Waals surface area contributed by atoms with Crippen LogP contribution in [0.4, 0.5) is 4.79 Å². The molecule has 1 amide bonds. The van der Waals surface area contributed by atoms with Crippen molar-refractivity contribution in [2.24, 2.45) is 0 Å². The molecule has 1 rings (SSSR count). The van der Waals surface area contributed by atoms with Gasteiger partial charge in [0, 0.05) is 12.1 Å². The number of alkyl carbamates (subject to hydrolysis) is 1. The van der Waals surface area contributed by atoms with Crippen LogP contribution in [0.5, 0.6) is 11.5 Å². The largest absolute Gasteiger partial charge is 0.504 e. The Morgan fingerprint density at radius 1 is 1.27 bits per heavy atom. The fourth-order valence-corrected chi connectivity index (χ4v) is 1.92. The lowest BCUT2D eigenvalue weighted by Crippen LogP contribution is -2.33. The van der Waals surface area contributed by atoms with Crippen LogP contribution in [0, 0.1) is 0 Å². The van der Waals surface area contributed by atoms with Crippen molar-refractivity contribution in [2.45, 2.75) is 39.7 Å². The minimum atomic E-state index is -0.562. The minimum absolute atomic E-state index is 0.0419. The molecule has 6 heteroatoms. The van der Waals surface area contributed by atoms with Gasteiger partial charge in [-0.15, -0.1) is 0 Å². The van der Waals surface area contributed by atoms with E-state index >= 15 is 0 Å². The maximum Gasteiger partial charge on any atom is 0.407 e. The van der Waals surface area contributed by atoms with Gasteiger partial charge in [0.1, 0.15) is 5.60 Å². The van der Waals surface area contributed by atoms with Crippen molar-refractivity contribution in [3.63, 3.8) is 0 Å². The molecule has 0 unspecified atom stereocenters. The molecule has 0 aliphatic heterocycles. The van der Waals surface area contributed by atoms with E-state index in [1.54, 1.807) is 20.8 Å². The molecule has 1 aromatic rings. The number of amides is 1. The number of carbonyl (C=O) groups is 2. The maximum absolute atomic E-state index is 11.7. The monoisotopic (exact) mass is 309 g/mol. The van der Waals surface area contributed by atoms with Gasteiger partial charge in [-0.05, 0) is 51.8 Å². The average molecular weight is 309 g/mol. The fraction of sp³-hybridized carbons (Fsp3) is 0.500. The summed E-state index contributed by atoms with van der Waals surface area (Å²) in [5, 5.41) is 12.4. The summed E-state index contributed by atoms with van der Waals surface area (Å²) in [7, 11) is 1.42. The lowest BCUT2D eigenvalue weighted by Gasteiger charge is -2.19. The molecule has 0 spiro atoms. The fourth-order valence-electron chi connectivity index (χ4n) is 1.92. The number of phenolic OH excluding ortho intramolecular Hbond substituents is 1. The number of ketones is 1. The van der Waals surface area contributed by atoms with E-state index in [9.17, 15) is 14.7 Å².